The lowest BCUT2D eigenvalue weighted by Crippen LogP contribution is -2.47. The molecule has 1 atom stereocenters. The van der Waals surface area contributed by atoms with Crippen LogP contribution in [-0.4, -0.2) is 40.1 Å². The summed E-state index contributed by atoms with van der Waals surface area (Å²) in [5, 5.41) is 0.306. The Hall–Kier alpha value is -2.45. The molecule has 5 rings (SSSR count). The molecule has 1 saturated carbocycles. The van der Waals surface area contributed by atoms with Gasteiger partial charge in [-0.15, -0.1) is 0 Å². The topological polar surface area (TPSA) is 68.7 Å². The fraction of sp³-hybridized carbons (Fsp3) is 0.478. The zero-order valence-electron chi connectivity index (χ0n) is 17.9. The number of piperidine rings is 1. The summed E-state index contributed by atoms with van der Waals surface area (Å²) in [7, 11) is 0. The summed E-state index contributed by atoms with van der Waals surface area (Å²) < 4.78 is 31.5. The molecule has 2 N–H and O–H groups in total. The summed E-state index contributed by atoms with van der Waals surface area (Å²) in [6.07, 6.45) is 9.35. The number of alkyl halides is 2. The highest BCUT2D eigenvalue weighted by Crippen LogP contribution is 2.46. The predicted octanol–water partition coefficient (Wildman–Crippen LogP) is 5.06. The average Bonchev–Trinajstić information content (AvgIpc) is 3.36. The van der Waals surface area contributed by atoms with Crippen molar-refractivity contribution < 1.29 is 13.5 Å². The lowest BCUT2D eigenvalue weighted by Gasteiger charge is -2.42. The Morgan fingerprint density at radius 3 is 2.69 bits per heavy atom. The Morgan fingerprint density at radius 1 is 1.25 bits per heavy atom. The van der Waals surface area contributed by atoms with Crippen LogP contribution in [0.25, 0.3) is 16.8 Å². The lowest BCUT2D eigenvalue weighted by atomic mass is 9.74. The highest BCUT2D eigenvalue weighted by atomic mass is 35.5. The van der Waals surface area contributed by atoms with Gasteiger partial charge >= 0.3 is 6.61 Å². The number of benzene rings is 1. The van der Waals surface area contributed by atoms with Crippen molar-refractivity contribution in [1.29, 1.82) is 0 Å². The van der Waals surface area contributed by atoms with Gasteiger partial charge in [-0.2, -0.15) is 8.78 Å². The molecule has 0 radical (unpaired) electrons. The van der Waals surface area contributed by atoms with Crippen LogP contribution >= 0.6 is 11.6 Å². The molecular weight excluding hydrogens is 436 g/mol. The first-order chi connectivity index (χ1) is 15.4. The SMILES string of the molecule is Cc1nc(N2CCC3(CCC[C@H]3N)CC2)n2ccnc2c1-c1ccc(OC(F)F)cc1Cl. The number of ether oxygens (including phenoxy) is 1. The Bertz CT molecular complexity index is 1140. The minimum Gasteiger partial charge on any atom is -0.435 e. The Balaban J connectivity index is 1.49. The normalized spacial score (nSPS) is 20.6. The predicted molar refractivity (Wildman–Crippen MR) is 121 cm³/mol. The summed E-state index contributed by atoms with van der Waals surface area (Å²) in [5.41, 5.74) is 9.69. The van der Waals surface area contributed by atoms with E-state index in [9.17, 15) is 8.78 Å². The van der Waals surface area contributed by atoms with Gasteiger partial charge in [-0.05, 0) is 56.2 Å². The number of aromatic nitrogens is 3. The molecule has 1 saturated heterocycles. The van der Waals surface area contributed by atoms with Gasteiger partial charge in [0.2, 0.25) is 5.95 Å². The standard InChI is InChI=1S/C23H26ClF2N5O/c1-14-19(16-5-4-15(13-17(16)24)32-21(25)26)20-28-9-12-31(20)22(29-14)30-10-7-23(8-11-30)6-2-3-18(23)27/h4-5,9,12-13,18,21H,2-3,6-8,10-11,27H2,1H3/t18-/m1/s1. The van der Waals surface area contributed by atoms with Gasteiger partial charge in [0.25, 0.3) is 0 Å². The van der Waals surface area contributed by atoms with E-state index in [-0.39, 0.29) is 11.2 Å². The number of fused-ring (bicyclic) bond motifs is 1. The Morgan fingerprint density at radius 2 is 2.03 bits per heavy atom. The number of nitrogens with zero attached hydrogens (tertiary/aromatic N) is 4. The monoisotopic (exact) mass is 461 g/mol. The lowest BCUT2D eigenvalue weighted by molar-refractivity contribution is -0.0498. The van der Waals surface area contributed by atoms with E-state index in [0.717, 1.165) is 55.2 Å². The molecule has 3 aromatic rings. The molecule has 6 nitrogen and oxygen atoms in total. The van der Waals surface area contributed by atoms with Crippen molar-refractivity contribution in [2.75, 3.05) is 18.0 Å². The third kappa shape index (κ3) is 3.59. The van der Waals surface area contributed by atoms with E-state index in [0.29, 0.717) is 16.6 Å². The molecule has 32 heavy (non-hydrogen) atoms. The summed E-state index contributed by atoms with van der Waals surface area (Å²) in [6, 6.07) is 4.85. The molecule has 1 aliphatic heterocycles. The van der Waals surface area contributed by atoms with Crippen molar-refractivity contribution in [1.82, 2.24) is 14.4 Å². The van der Waals surface area contributed by atoms with Crippen LogP contribution in [0.4, 0.5) is 14.7 Å². The van der Waals surface area contributed by atoms with Crippen molar-refractivity contribution in [3.63, 3.8) is 0 Å². The number of hydrogen-bond donors (Lipinski definition) is 1. The second-order valence-corrected chi connectivity index (χ2v) is 9.27. The minimum atomic E-state index is -2.90. The van der Waals surface area contributed by atoms with Crippen molar-refractivity contribution in [3.05, 3.63) is 41.3 Å². The van der Waals surface area contributed by atoms with Crippen LogP contribution in [0.5, 0.6) is 5.75 Å². The number of rotatable bonds is 4. The van der Waals surface area contributed by atoms with Crippen LogP contribution in [0.15, 0.2) is 30.6 Å². The van der Waals surface area contributed by atoms with E-state index in [1.54, 1.807) is 12.3 Å². The van der Waals surface area contributed by atoms with Gasteiger partial charge in [-0.3, -0.25) is 4.40 Å². The maximum Gasteiger partial charge on any atom is 0.387 e. The van der Waals surface area contributed by atoms with E-state index in [2.05, 4.69) is 14.6 Å². The van der Waals surface area contributed by atoms with Gasteiger partial charge in [-0.1, -0.05) is 18.0 Å². The van der Waals surface area contributed by atoms with Gasteiger partial charge in [0.05, 0.1) is 10.7 Å². The maximum atomic E-state index is 12.5. The summed E-state index contributed by atoms with van der Waals surface area (Å²) in [5.74, 6) is 0.872. The molecule has 3 heterocycles. The zero-order chi connectivity index (χ0) is 22.5. The van der Waals surface area contributed by atoms with Crippen LogP contribution in [-0.2, 0) is 0 Å². The second-order valence-electron chi connectivity index (χ2n) is 8.86. The highest BCUT2D eigenvalue weighted by molar-refractivity contribution is 6.33. The number of imidazole rings is 1. The molecule has 1 aromatic carbocycles. The number of nitrogens with two attached hydrogens (primary N) is 1. The first kappa shape index (κ1) is 21.4. The van der Waals surface area contributed by atoms with Crippen LogP contribution in [0.1, 0.15) is 37.8 Å². The quantitative estimate of drug-likeness (QED) is 0.588. The molecule has 9 heteroatoms. The van der Waals surface area contributed by atoms with Gasteiger partial charge in [0.15, 0.2) is 0 Å². The number of halogens is 3. The van der Waals surface area contributed by atoms with Crippen molar-refractivity contribution in [2.45, 2.75) is 51.7 Å². The molecule has 1 aliphatic carbocycles. The number of aryl methyl sites for hydroxylation is 1. The van der Waals surface area contributed by atoms with E-state index in [1.165, 1.54) is 25.0 Å². The highest BCUT2D eigenvalue weighted by Gasteiger charge is 2.43. The molecule has 1 spiro atoms. The molecule has 2 fully saturated rings. The Labute approximate surface area is 190 Å². The largest absolute Gasteiger partial charge is 0.435 e. The van der Waals surface area contributed by atoms with Crippen molar-refractivity contribution in [2.24, 2.45) is 11.1 Å². The van der Waals surface area contributed by atoms with Crippen LogP contribution in [0.2, 0.25) is 5.02 Å². The van der Waals surface area contributed by atoms with E-state index in [1.807, 2.05) is 17.5 Å². The van der Waals surface area contributed by atoms with Gasteiger partial charge in [0, 0.05) is 42.7 Å². The van der Waals surface area contributed by atoms with E-state index >= 15 is 0 Å². The average molecular weight is 462 g/mol. The van der Waals surface area contributed by atoms with Crippen LogP contribution < -0.4 is 15.4 Å². The first-order valence-electron chi connectivity index (χ1n) is 11.0. The van der Waals surface area contributed by atoms with Gasteiger partial charge in [0.1, 0.15) is 11.4 Å². The maximum absolute atomic E-state index is 12.5. The summed E-state index contributed by atoms with van der Waals surface area (Å²) >= 11 is 6.45. The molecule has 2 aromatic heterocycles. The molecule has 2 aliphatic rings. The molecule has 170 valence electrons. The third-order valence-electron chi connectivity index (χ3n) is 7.16. The van der Waals surface area contributed by atoms with Gasteiger partial charge < -0.3 is 15.4 Å². The fourth-order valence-electron chi connectivity index (χ4n) is 5.42. The minimum absolute atomic E-state index is 0.0164. The number of anilines is 1. The zero-order valence-corrected chi connectivity index (χ0v) is 18.7. The molecule has 0 unspecified atom stereocenters. The fourth-order valence-corrected chi connectivity index (χ4v) is 5.69. The molecular formula is C23H26ClF2N5O. The molecule has 0 amide bonds. The van der Waals surface area contributed by atoms with E-state index < -0.39 is 6.61 Å². The first-order valence-corrected chi connectivity index (χ1v) is 11.3. The third-order valence-corrected chi connectivity index (χ3v) is 7.48. The second kappa shape index (κ2) is 8.15. The van der Waals surface area contributed by atoms with E-state index in [4.69, 9.17) is 22.3 Å². The van der Waals surface area contributed by atoms with Gasteiger partial charge in [-0.25, -0.2) is 9.97 Å². The summed E-state index contributed by atoms with van der Waals surface area (Å²) in [6.45, 7) is 0.840. The molecule has 0 bridgehead atoms. The van der Waals surface area contributed by atoms with Crippen molar-refractivity contribution in [3.8, 4) is 16.9 Å². The smallest absolute Gasteiger partial charge is 0.387 e. The van der Waals surface area contributed by atoms with Crippen molar-refractivity contribution >= 4 is 23.2 Å². The Kier molecular flexibility index (Phi) is 5.45. The van der Waals surface area contributed by atoms with Crippen LogP contribution in [0, 0.1) is 12.3 Å². The summed E-state index contributed by atoms with van der Waals surface area (Å²) in [4.78, 5) is 11.8. The van der Waals surface area contributed by atoms with Crippen LogP contribution in [0.3, 0.4) is 0 Å². The number of hydrogen-bond acceptors (Lipinski definition) is 5.